The first-order chi connectivity index (χ1) is 11.9. The minimum absolute atomic E-state index is 0.0237. The van der Waals surface area contributed by atoms with Gasteiger partial charge in [-0.2, -0.15) is 5.26 Å². The number of amides is 1. The van der Waals surface area contributed by atoms with Crippen molar-refractivity contribution in [3.63, 3.8) is 0 Å². The van der Waals surface area contributed by atoms with Crippen LogP contribution in [0.15, 0.2) is 30.3 Å². The van der Waals surface area contributed by atoms with E-state index >= 15 is 0 Å². The van der Waals surface area contributed by atoms with Crippen molar-refractivity contribution in [2.45, 2.75) is 6.92 Å². The second kappa shape index (κ2) is 7.69. The fourth-order valence-electron chi connectivity index (χ4n) is 2.26. The molecule has 0 aliphatic rings. The summed E-state index contributed by atoms with van der Waals surface area (Å²) >= 11 is 6.19. The molecule has 0 radical (unpaired) electrons. The normalized spacial score (nSPS) is 9.88. The molecule has 2 rings (SSSR count). The van der Waals surface area contributed by atoms with Crippen LogP contribution in [0.5, 0.6) is 5.75 Å². The van der Waals surface area contributed by atoms with E-state index in [0.29, 0.717) is 11.3 Å². The Bertz CT molecular complexity index is 887. The number of nitrogens with zero attached hydrogens (tertiary/aromatic N) is 1. The number of ether oxygens (including phenoxy) is 2. The first-order valence-electron chi connectivity index (χ1n) is 7.18. The molecule has 0 spiro atoms. The zero-order valence-corrected chi connectivity index (χ0v) is 14.6. The minimum atomic E-state index is -0.680. The lowest BCUT2D eigenvalue weighted by atomic mass is 10.1. The third-order valence-corrected chi connectivity index (χ3v) is 3.80. The van der Waals surface area contributed by atoms with Gasteiger partial charge in [0.15, 0.2) is 0 Å². The van der Waals surface area contributed by atoms with Crippen LogP contribution in [0.1, 0.15) is 31.8 Å². The number of hydrogen-bond acceptors (Lipinski definition) is 5. The van der Waals surface area contributed by atoms with Crippen molar-refractivity contribution < 1.29 is 19.1 Å². The Morgan fingerprint density at radius 3 is 2.40 bits per heavy atom. The average molecular weight is 359 g/mol. The van der Waals surface area contributed by atoms with Gasteiger partial charge in [-0.15, -0.1) is 0 Å². The molecule has 0 unspecified atom stereocenters. The summed E-state index contributed by atoms with van der Waals surface area (Å²) < 4.78 is 9.78. The van der Waals surface area contributed by atoms with Gasteiger partial charge < -0.3 is 14.8 Å². The Morgan fingerprint density at radius 1 is 1.12 bits per heavy atom. The average Bonchev–Trinajstić information content (AvgIpc) is 2.60. The van der Waals surface area contributed by atoms with Gasteiger partial charge in [-0.05, 0) is 42.8 Å². The van der Waals surface area contributed by atoms with Crippen molar-refractivity contribution >= 4 is 29.2 Å². The van der Waals surface area contributed by atoms with Crippen molar-refractivity contribution in [2.75, 3.05) is 19.5 Å². The fourth-order valence-corrected chi connectivity index (χ4v) is 2.53. The third-order valence-electron chi connectivity index (χ3n) is 3.40. The summed E-state index contributed by atoms with van der Waals surface area (Å²) in [7, 11) is 2.62. The van der Waals surface area contributed by atoms with E-state index in [4.69, 9.17) is 21.6 Å². The highest BCUT2D eigenvalue weighted by atomic mass is 35.5. The highest BCUT2D eigenvalue weighted by Gasteiger charge is 2.21. The van der Waals surface area contributed by atoms with Gasteiger partial charge in [-0.25, -0.2) is 4.79 Å². The van der Waals surface area contributed by atoms with Crippen LogP contribution in [-0.4, -0.2) is 26.1 Å². The number of nitrogens with one attached hydrogen (secondary N) is 1. The standard InChI is InChI=1S/C18H15ClN2O4/c1-10-4-11(9-20)6-12(5-10)21-17(22)14-7-13(24-2)8-15(16(14)19)18(23)25-3/h4-8H,1-3H3,(H,21,22). The SMILES string of the molecule is COC(=O)c1cc(OC)cc(C(=O)Nc2cc(C)cc(C#N)c2)c1Cl. The Labute approximate surface area is 149 Å². The predicted molar refractivity (Wildman–Crippen MR) is 93.2 cm³/mol. The van der Waals surface area contributed by atoms with E-state index in [2.05, 4.69) is 10.1 Å². The molecule has 1 N–H and O–H groups in total. The molecule has 0 aliphatic carbocycles. The number of methoxy groups -OCH3 is 2. The molecule has 2 aromatic rings. The fraction of sp³-hybridized carbons (Fsp3) is 0.167. The Morgan fingerprint density at radius 2 is 1.80 bits per heavy atom. The molecule has 2 aromatic carbocycles. The van der Waals surface area contributed by atoms with Crippen LogP contribution in [0.2, 0.25) is 5.02 Å². The van der Waals surface area contributed by atoms with Gasteiger partial charge in [-0.3, -0.25) is 4.79 Å². The van der Waals surface area contributed by atoms with Crippen LogP contribution in [-0.2, 0) is 4.74 Å². The number of aryl methyl sites for hydroxylation is 1. The second-order valence-corrected chi connectivity index (χ2v) is 5.56. The monoisotopic (exact) mass is 358 g/mol. The van der Waals surface area contributed by atoms with Crippen LogP contribution in [0.4, 0.5) is 5.69 Å². The molecule has 6 nitrogen and oxygen atoms in total. The van der Waals surface area contributed by atoms with Crippen LogP contribution in [0.3, 0.4) is 0 Å². The summed E-state index contributed by atoms with van der Waals surface area (Å²) in [6.07, 6.45) is 0. The van der Waals surface area contributed by atoms with Gasteiger partial charge in [0, 0.05) is 5.69 Å². The van der Waals surface area contributed by atoms with E-state index in [9.17, 15) is 9.59 Å². The molecule has 0 heterocycles. The number of benzene rings is 2. The number of carbonyl (C=O) groups is 2. The van der Waals surface area contributed by atoms with Gasteiger partial charge >= 0.3 is 5.97 Å². The number of anilines is 1. The van der Waals surface area contributed by atoms with E-state index in [1.807, 2.05) is 13.0 Å². The number of hydrogen-bond donors (Lipinski definition) is 1. The molecular formula is C18H15ClN2O4. The van der Waals surface area contributed by atoms with Gasteiger partial charge in [0.2, 0.25) is 0 Å². The molecule has 25 heavy (non-hydrogen) atoms. The smallest absolute Gasteiger partial charge is 0.339 e. The molecule has 0 saturated heterocycles. The molecule has 0 atom stereocenters. The van der Waals surface area contributed by atoms with E-state index in [1.54, 1.807) is 18.2 Å². The van der Waals surface area contributed by atoms with Crippen LogP contribution in [0, 0.1) is 18.3 Å². The molecule has 0 saturated carbocycles. The molecule has 7 heteroatoms. The van der Waals surface area contributed by atoms with Crippen LogP contribution >= 0.6 is 11.6 Å². The lowest BCUT2D eigenvalue weighted by molar-refractivity contribution is 0.0600. The number of nitriles is 1. The van der Waals surface area contributed by atoms with Crippen molar-refractivity contribution in [3.05, 3.63) is 57.6 Å². The van der Waals surface area contributed by atoms with Crippen LogP contribution in [0.25, 0.3) is 0 Å². The highest BCUT2D eigenvalue weighted by Crippen LogP contribution is 2.29. The lowest BCUT2D eigenvalue weighted by Crippen LogP contribution is -2.15. The summed E-state index contributed by atoms with van der Waals surface area (Å²) in [6.45, 7) is 1.81. The topological polar surface area (TPSA) is 88.4 Å². The van der Waals surface area contributed by atoms with Gasteiger partial charge in [0.25, 0.3) is 5.91 Å². The molecule has 0 aliphatic heterocycles. The largest absolute Gasteiger partial charge is 0.497 e. The molecule has 128 valence electrons. The Balaban J connectivity index is 2.44. The Kier molecular flexibility index (Phi) is 5.63. The summed E-state index contributed by atoms with van der Waals surface area (Å²) in [6, 6.07) is 9.80. The highest BCUT2D eigenvalue weighted by molar-refractivity contribution is 6.37. The van der Waals surface area contributed by atoms with E-state index in [-0.39, 0.29) is 21.9 Å². The van der Waals surface area contributed by atoms with E-state index in [0.717, 1.165) is 5.56 Å². The number of rotatable bonds is 4. The number of esters is 1. The summed E-state index contributed by atoms with van der Waals surface area (Å²) in [4.78, 5) is 24.4. The minimum Gasteiger partial charge on any atom is -0.497 e. The zero-order chi connectivity index (χ0) is 18.6. The summed E-state index contributed by atoms with van der Waals surface area (Å²) in [5.41, 5.74) is 1.76. The first kappa shape index (κ1) is 18.3. The molecule has 0 bridgehead atoms. The van der Waals surface area contributed by atoms with E-state index in [1.165, 1.54) is 26.4 Å². The maximum Gasteiger partial charge on any atom is 0.339 e. The first-order valence-corrected chi connectivity index (χ1v) is 7.56. The van der Waals surface area contributed by atoms with Crippen molar-refractivity contribution in [3.8, 4) is 11.8 Å². The number of carbonyl (C=O) groups excluding carboxylic acids is 2. The van der Waals surface area contributed by atoms with Crippen LogP contribution < -0.4 is 10.1 Å². The summed E-state index contributed by atoms with van der Waals surface area (Å²) in [5.74, 6) is -0.930. The predicted octanol–water partition coefficient (Wildman–Crippen LogP) is 3.57. The zero-order valence-electron chi connectivity index (χ0n) is 13.8. The van der Waals surface area contributed by atoms with E-state index < -0.39 is 11.9 Å². The molecule has 0 aromatic heterocycles. The van der Waals surface area contributed by atoms with Crippen molar-refractivity contribution in [1.82, 2.24) is 0 Å². The maximum atomic E-state index is 12.6. The van der Waals surface area contributed by atoms with Gasteiger partial charge in [0.05, 0.1) is 42.0 Å². The van der Waals surface area contributed by atoms with Crippen molar-refractivity contribution in [1.29, 1.82) is 5.26 Å². The molecular weight excluding hydrogens is 344 g/mol. The maximum absolute atomic E-state index is 12.6. The third kappa shape index (κ3) is 4.08. The van der Waals surface area contributed by atoms with Crippen molar-refractivity contribution in [2.24, 2.45) is 0 Å². The number of halogens is 1. The van der Waals surface area contributed by atoms with Gasteiger partial charge in [0.1, 0.15) is 5.75 Å². The summed E-state index contributed by atoms with van der Waals surface area (Å²) in [5, 5.41) is 11.6. The Hall–Kier alpha value is -3.04. The van der Waals surface area contributed by atoms with Gasteiger partial charge in [-0.1, -0.05) is 11.6 Å². The quantitative estimate of drug-likeness (QED) is 0.844. The molecule has 1 amide bonds. The lowest BCUT2D eigenvalue weighted by Gasteiger charge is -2.12. The molecule has 0 fully saturated rings. The second-order valence-electron chi connectivity index (χ2n) is 5.18.